The highest BCUT2D eigenvalue weighted by Gasteiger charge is 2.53. The van der Waals surface area contributed by atoms with Crippen molar-refractivity contribution >= 4 is 241 Å². The molecule has 2 saturated heterocycles. The maximum Gasteiger partial charge on any atom is 0.497 e. The normalized spacial score (nSPS) is 15.2. The molecule has 0 atom stereocenters. The minimum Gasteiger partial charge on any atom is -0.405 e. The first-order chi connectivity index (χ1) is 42.0. The van der Waals surface area contributed by atoms with Crippen LogP contribution in [0.3, 0.4) is 0 Å². The average molecular weight is 1610 g/mol. The zero-order valence-corrected chi connectivity index (χ0v) is 67.2. The van der Waals surface area contributed by atoms with Crippen molar-refractivity contribution in [2.75, 3.05) is 0 Å². The molecule has 32 heteroatoms. The molecule has 2 aliphatic heterocycles. The number of carbonyl (C=O) groups excluding carboxylic acids is 2. The fraction of sp³-hybridized carbons (Fsp3) is 0.448. The van der Waals surface area contributed by atoms with E-state index >= 15 is 0 Å². The summed E-state index contributed by atoms with van der Waals surface area (Å²) >= 11 is 20.7. The van der Waals surface area contributed by atoms with Crippen molar-refractivity contribution in [1.82, 2.24) is 28.7 Å². The van der Waals surface area contributed by atoms with Crippen LogP contribution in [0.25, 0.3) is 55.0 Å². The molecule has 12 nitrogen and oxygen atoms in total. The van der Waals surface area contributed by atoms with Crippen LogP contribution in [0, 0.1) is 26.0 Å². The molecule has 90 heavy (non-hydrogen) atoms. The van der Waals surface area contributed by atoms with E-state index in [9.17, 15) is 18.4 Å². The van der Waals surface area contributed by atoms with E-state index in [-0.39, 0.29) is 46.5 Å². The third-order valence-electron chi connectivity index (χ3n) is 15.2. The molecule has 485 valence electrons. The second-order valence-electron chi connectivity index (χ2n) is 25.2. The number of fused-ring (bicyclic) bond motifs is 4. The fourth-order valence-electron chi connectivity index (χ4n) is 9.25. The monoisotopic (exact) mass is 1610 g/mol. The Labute approximate surface area is 592 Å². The largest absolute Gasteiger partial charge is 0.497 e. The van der Waals surface area contributed by atoms with Crippen molar-refractivity contribution in [3.05, 3.63) is 112 Å². The SMILES string of the molecule is CC(C)c1c(B2OC(C)(C)C(C)(C)O2)c2cc3c(cnn3C(=O)C(C)(C)C)cc2n1-c1ccc(F)cc1.CC(C)c1c(I)c2cc3c(cnn3C(=O)C(C)(C)C)cc2n1-c1ccc(F)cc1.CC1(C)O[B]OC1(C)C.S=S=S=S=S=S=S.S=S=S=S=S=S=S=S. The van der Waals surface area contributed by atoms with E-state index in [1.54, 1.807) is 98.8 Å². The van der Waals surface area contributed by atoms with Gasteiger partial charge in [-0.1, -0.05) is 69.2 Å². The van der Waals surface area contributed by atoms with Crippen molar-refractivity contribution in [3.8, 4) is 11.4 Å². The molecule has 6 heterocycles. The predicted molar refractivity (Wildman–Crippen MR) is 416 cm³/mol. The molecule has 0 N–H and O–H groups in total. The minimum absolute atomic E-state index is 0.0380. The van der Waals surface area contributed by atoms with Crippen molar-refractivity contribution in [2.24, 2.45) is 10.8 Å². The molecular weight excluding hydrogens is 1540 g/mol. The first-order valence-corrected chi connectivity index (χ1v) is 46.2. The van der Waals surface area contributed by atoms with Gasteiger partial charge in [0.1, 0.15) is 11.6 Å². The highest BCUT2D eigenvalue weighted by Crippen LogP contribution is 2.41. The van der Waals surface area contributed by atoms with Gasteiger partial charge < -0.3 is 27.8 Å². The first kappa shape index (κ1) is 77.1. The topological polar surface area (TPSA) is 117 Å². The van der Waals surface area contributed by atoms with Crippen LogP contribution in [0.5, 0.6) is 0 Å². The molecule has 0 saturated carbocycles. The Morgan fingerprint density at radius 2 is 0.878 bits per heavy atom. The summed E-state index contributed by atoms with van der Waals surface area (Å²) in [6, 6.07) is 21.3. The number of halogens is 3. The van der Waals surface area contributed by atoms with E-state index in [1.165, 1.54) is 82.5 Å². The molecule has 8 aromatic rings. The fourth-order valence-corrected chi connectivity index (χ4v) is 29.8. The second kappa shape index (κ2) is 32.4. The lowest BCUT2D eigenvalue weighted by atomic mass is 9.75. The van der Waals surface area contributed by atoms with Crippen LogP contribution < -0.4 is 5.46 Å². The Bertz CT molecular complexity index is 4450. The van der Waals surface area contributed by atoms with Crippen LogP contribution in [0.4, 0.5) is 8.78 Å². The lowest BCUT2D eigenvalue weighted by Crippen LogP contribution is -2.41. The molecule has 2 fully saturated rings. The van der Waals surface area contributed by atoms with Gasteiger partial charge in [-0.3, -0.25) is 9.59 Å². The maximum atomic E-state index is 13.9. The van der Waals surface area contributed by atoms with Crippen molar-refractivity contribution in [1.29, 1.82) is 0 Å². The first-order valence-electron chi connectivity index (χ1n) is 27.8. The molecule has 2 aliphatic rings. The van der Waals surface area contributed by atoms with Gasteiger partial charge in [0.25, 0.3) is 11.8 Å². The number of hydrogen-bond donors (Lipinski definition) is 0. The van der Waals surface area contributed by atoms with Gasteiger partial charge in [0.15, 0.2) is 0 Å². The lowest BCUT2D eigenvalue weighted by Gasteiger charge is -2.32. The van der Waals surface area contributed by atoms with Gasteiger partial charge in [-0.15, -0.1) is 0 Å². The van der Waals surface area contributed by atoms with E-state index in [1.807, 2.05) is 109 Å². The predicted octanol–water partition coefficient (Wildman–Crippen LogP) is 13.9. The Balaban J connectivity index is 0.000000213. The van der Waals surface area contributed by atoms with Gasteiger partial charge in [0, 0.05) is 207 Å². The highest BCUT2D eigenvalue weighted by molar-refractivity contribution is 14.1. The number of nitrogens with zero attached hydrogens (tertiary/aromatic N) is 6. The van der Waals surface area contributed by atoms with Crippen LogP contribution in [-0.4, -0.2) is 77.7 Å². The molecule has 0 bridgehead atoms. The Hall–Kier alpha value is -1.90. The zero-order chi connectivity index (χ0) is 67.1. The number of carbonyl (C=O) groups is 2. The van der Waals surface area contributed by atoms with Gasteiger partial charge in [-0.05, 0) is 163 Å². The van der Waals surface area contributed by atoms with Crippen LogP contribution >= 0.6 is 22.6 Å². The summed E-state index contributed by atoms with van der Waals surface area (Å²) < 4.78 is 59.4. The van der Waals surface area contributed by atoms with E-state index in [2.05, 4.69) is 127 Å². The van der Waals surface area contributed by atoms with E-state index < -0.39 is 29.2 Å². The third kappa shape index (κ3) is 18.2. The summed E-state index contributed by atoms with van der Waals surface area (Å²) in [7, 11) is 17.3. The average Bonchev–Trinajstić information content (AvgIpc) is 1.57. The second-order valence-corrected chi connectivity index (χ2v) is 45.7. The van der Waals surface area contributed by atoms with Gasteiger partial charge in [-0.25, -0.2) is 8.78 Å². The third-order valence-corrected chi connectivity index (χ3v) is 36.3. The maximum absolute atomic E-state index is 13.9. The number of benzene rings is 4. The minimum atomic E-state index is -0.612. The van der Waals surface area contributed by atoms with Gasteiger partial charge in [0.05, 0.1) is 56.9 Å². The molecule has 0 spiro atoms. The number of rotatable bonds is 5. The van der Waals surface area contributed by atoms with Crippen molar-refractivity contribution in [3.63, 3.8) is 0 Å². The molecular formula is C58H70B2F2IN6O6S15. The molecule has 0 unspecified atom stereocenters. The Morgan fingerprint density at radius 1 is 0.533 bits per heavy atom. The molecule has 1 radical (unpaired) electrons. The smallest absolute Gasteiger partial charge is 0.405 e. The van der Waals surface area contributed by atoms with Gasteiger partial charge >= 0.3 is 14.8 Å². The molecule has 0 aliphatic carbocycles. The summed E-state index contributed by atoms with van der Waals surface area (Å²) in [4.78, 5) is 26.1. The molecule has 4 aromatic heterocycles. The van der Waals surface area contributed by atoms with Crippen molar-refractivity contribution in [2.45, 2.75) is 159 Å². The summed E-state index contributed by atoms with van der Waals surface area (Å²) in [5, 5.41) is 12.6. The Kier molecular flexibility index (Phi) is 27.8. The quantitative estimate of drug-likeness (QED) is 0.121. The molecule has 0 amide bonds. The molecule has 4 aromatic carbocycles. The Morgan fingerprint density at radius 3 is 1.21 bits per heavy atom. The summed E-state index contributed by atoms with van der Waals surface area (Å²) in [5.74, 6) is -0.292. The van der Waals surface area contributed by atoms with Crippen LogP contribution in [0.15, 0.2) is 85.2 Å². The number of aromatic nitrogens is 6. The summed E-state index contributed by atoms with van der Waals surface area (Å²) in [6.07, 6.45) is 3.46. The summed E-state index contributed by atoms with van der Waals surface area (Å²) in [5.41, 5.74) is 5.83. The van der Waals surface area contributed by atoms with E-state index in [0.29, 0.717) is 0 Å². The van der Waals surface area contributed by atoms with Crippen LogP contribution in [0.2, 0.25) is 0 Å². The van der Waals surface area contributed by atoms with Gasteiger partial charge in [0.2, 0.25) is 0 Å². The zero-order valence-electron chi connectivity index (χ0n) is 52.8. The highest BCUT2D eigenvalue weighted by atomic mass is 127. The molecule has 10 rings (SSSR count). The van der Waals surface area contributed by atoms with Gasteiger partial charge in [-0.2, -0.15) is 19.6 Å². The van der Waals surface area contributed by atoms with Crippen molar-refractivity contribution < 1.29 is 37.0 Å². The number of hydrogen-bond acceptors (Lipinski definition) is 12. The van der Waals surface area contributed by atoms with E-state index in [0.717, 1.165) is 69.7 Å². The lowest BCUT2D eigenvalue weighted by molar-refractivity contribution is 0.00578. The van der Waals surface area contributed by atoms with Crippen LogP contribution in [-0.2, 0) is 161 Å². The van der Waals surface area contributed by atoms with Crippen LogP contribution in [0.1, 0.15) is 157 Å². The standard InChI is InChI=1S/C29H35BFN3O3.C23H23FIN3O.C6H12BO2.S8.S7/c1-17(2)25-24(30-36-28(6,7)29(8,9)37-30)21-15-22-18(16-32-34(22)26(35)27(3,4)5)14-23(21)33(25)20-12-10-19(31)11-13-20;1-13(2)21-20(25)17-11-18-14(12-26-28(18)22(29)23(3,4)5)10-19(17)27(21)16-8-6-15(24)7-9-16;1-5(2)6(3,4)9-7-8-5;1-3-5-7-8-6-4-2;1-3-5-7-6-4-2/h10-17H,1-9H3;6-13H,1-5H3;1-4H3;;. The van der Waals surface area contributed by atoms with E-state index in [4.69, 9.17) is 18.6 Å². The summed E-state index contributed by atoms with van der Waals surface area (Å²) in [6.45, 7) is 36.1.